The third kappa shape index (κ3) is 5.53. The summed E-state index contributed by atoms with van der Waals surface area (Å²) in [6.45, 7) is 5.45. The fraction of sp³-hybridized carbons (Fsp3) is 0.667. The molecule has 0 aliphatic carbocycles. The summed E-state index contributed by atoms with van der Waals surface area (Å²) >= 11 is 13.4. The highest BCUT2D eigenvalue weighted by Gasteiger charge is 2.05. The average Bonchev–Trinajstić information content (AvgIpc) is 2.50. The lowest BCUT2D eigenvalue weighted by Gasteiger charge is -2.07. The van der Waals surface area contributed by atoms with Gasteiger partial charge in [-0.05, 0) is 37.4 Å². The largest absolute Gasteiger partial charge is 0.315 e. The van der Waals surface area contributed by atoms with Gasteiger partial charge in [-0.3, -0.25) is 0 Å². The molecule has 0 aliphatic rings. The predicted octanol–water partition coefficient (Wildman–Crippen LogP) is 4.77. The van der Waals surface area contributed by atoms with E-state index in [2.05, 4.69) is 19.2 Å². The Morgan fingerprint density at radius 1 is 1.25 bits per heavy atom. The summed E-state index contributed by atoms with van der Waals surface area (Å²) in [5.74, 6) is 0. The molecule has 0 radical (unpaired) electrons. The lowest BCUT2D eigenvalue weighted by atomic mass is 10.1. The monoisotopic (exact) mass is 279 g/mol. The quantitative estimate of drug-likeness (QED) is 0.710. The maximum absolute atomic E-state index is 6.05. The van der Waals surface area contributed by atoms with Crippen LogP contribution in [0.5, 0.6) is 0 Å². The molecule has 92 valence electrons. The van der Waals surface area contributed by atoms with E-state index in [1.807, 2.05) is 6.07 Å². The van der Waals surface area contributed by atoms with Crippen LogP contribution in [-0.2, 0) is 6.42 Å². The van der Waals surface area contributed by atoms with Crippen LogP contribution in [-0.4, -0.2) is 12.6 Å². The van der Waals surface area contributed by atoms with Crippen molar-refractivity contribution in [2.45, 2.75) is 45.6 Å². The van der Waals surface area contributed by atoms with E-state index in [0.29, 0.717) is 6.04 Å². The minimum atomic E-state index is 0.588. The molecule has 0 fully saturated rings. The molecule has 1 aromatic heterocycles. The van der Waals surface area contributed by atoms with Crippen molar-refractivity contribution < 1.29 is 0 Å². The zero-order chi connectivity index (χ0) is 12.0. The molecular formula is C12H19Cl2NS. The van der Waals surface area contributed by atoms with Gasteiger partial charge in [0.15, 0.2) is 0 Å². The Balaban J connectivity index is 2.09. The SMILES string of the molecule is CC(C)NCCCCCc1cc(Cl)sc1Cl. The van der Waals surface area contributed by atoms with Crippen molar-refractivity contribution in [2.24, 2.45) is 0 Å². The lowest BCUT2D eigenvalue weighted by molar-refractivity contribution is 0.548. The lowest BCUT2D eigenvalue weighted by Crippen LogP contribution is -2.23. The molecule has 0 amide bonds. The third-order valence-corrected chi connectivity index (χ3v) is 3.97. The van der Waals surface area contributed by atoms with Crippen molar-refractivity contribution >= 4 is 34.5 Å². The third-order valence-electron chi connectivity index (χ3n) is 2.40. The summed E-state index contributed by atoms with van der Waals surface area (Å²) in [7, 11) is 0. The van der Waals surface area contributed by atoms with Crippen LogP contribution in [0.1, 0.15) is 38.7 Å². The zero-order valence-electron chi connectivity index (χ0n) is 9.85. The van der Waals surface area contributed by atoms with E-state index in [1.54, 1.807) is 0 Å². The summed E-state index contributed by atoms with van der Waals surface area (Å²) in [5, 5.41) is 3.41. The summed E-state index contributed by atoms with van der Waals surface area (Å²) in [6.07, 6.45) is 4.70. The summed E-state index contributed by atoms with van der Waals surface area (Å²) < 4.78 is 1.65. The van der Waals surface area contributed by atoms with Gasteiger partial charge in [0.25, 0.3) is 0 Å². The molecular weight excluding hydrogens is 261 g/mol. The maximum atomic E-state index is 6.05. The number of hydrogen-bond donors (Lipinski definition) is 1. The highest BCUT2D eigenvalue weighted by molar-refractivity contribution is 7.20. The number of unbranched alkanes of at least 4 members (excludes halogenated alkanes) is 2. The van der Waals surface area contributed by atoms with Crippen molar-refractivity contribution in [3.63, 3.8) is 0 Å². The second kappa shape index (κ2) is 7.54. The number of rotatable bonds is 7. The first-order valence-corrected chi connectivity index (χ1v) is 7.34. The molecule has 0 spiro atoms. The topological polar surface area (TPSA) is 12.0 Å². The molecule has 0 saturated heterocycles. The molecule has 0 atom stereocenters. The molecule has 0 saturated carbocycles. The first kappa shape index (κ1) is 14.3. The van der Waals surface area contributed by atoms with E-state index in [-0.39, 0.29) is 0 Å². The number of thiophene rings is 1. The van der Waals surface area contributed by atoms with E-state index in [4.69, 9.17) is 23.2 Å². The highest BCUT2D eigenvalue weighted by atomic mass is 35.5. The zero-order valence-corrected chi connectivity index (χ0v) is 12.2. The van der Waals surface area contributed by atoms with E-state index in [1.165, 1.54) is 36.2 Å². The van der Waals surface area contributed by atoms with Crippen LogP contribution in [0, 0.1) is 0 Å². The Morgan fingerprint density at radius 2 is 2.00 bits per heavy atom. The fourth-order valence-corrected chi connectivity index (χ4v) is 3.10. The first-order valence-electron chi connectivity index (χ1n) is 5.76. The van der Waals surface area contributed by atoms with Gasteiger partial charge in [-0.1, -0.05) is 43.5 Å². The van der Waals surface area contributed by atoms with Crippen LogP contribution in [0.15, 0.2) is 6.07 Å². The second-order valence-corrected chi connectivity index (χ2v) is 6.55. The normalized spacial score (nSPS) is 11.3. The van der Waals surface area contributed by atoms with Crippen LogP contribution in [0.4, 0.5) is 0 Å². The molecule has 0 unspecified atom stereocenters. The van der Waals surface area contributed by atoms with E-state index in [9.17, 15) is 0 Å². The Bertz CT molecular complexity index is 310. The van der Waals surface area contributed by atoms with Crippen LogP contribution in [0.3, 0.4) is 0 Å². The standard InChI is InChI=1S/C12H19Cl2NS/c1-9(2)15-7-5-3-4-6-10-8-11(13)16-12(10)14/h8-9,15H,3-7H2,1-2H3. The van der Waals surface area contributed by atoms with Gasteiger partial charge in [-0.15, -0.1) is 11.3 Å². The molecule has 1 aromatic rings. The Hall–Kier alpha value is 0.240. The highest BCUT2D eigenvalue weighted by Crippen LogP contribution is 2.32. The van der Waals surface area contributed by atoms with Gasteiger partial charge < -0.3 is 5.32 Å². The maximum Gasteiger partial charge on any atom is 0.0976 e. The van der Waals surface area contributed by atoms with E-state index >= 15 is 0 Å². The predicted molar refractivity (Wildman–Crippen MR) is 75.0 cm³/mol. The van der Waals surface area contributed by atoms with Crippen molar-refractivity contribution in [1.82, 2.24) is 5.32 Å². The molecule has 1 rings (SSSR count). The molecule has 1 N–H and O–H groups in total. The first-order chi connectivity index (χ1) is 7.59. The van der Waals surface area contributed by atoms with Crippen molar-refractivity contribution in [2.75, 3.05) is 6.54 Å². The van der Waals surface area contributed by atoms with Crippen LogP contribution in [0.2, 0.25) is 8.67 Å². The van der Waals surface area contributed by atoms with Crippen LogP contribution < -0.4 is 5.32 Å². The summed E-state index contributed by atoms with van der Waals surface area (Å²) in [6, 6.07) is 2.58. The Labute approximate surface area is 112 Å². The number of aryl methyl sites for hydroxylation is 1. The molecule has 0 aromatic carbocycles. The number of nitrogens with one attached hydrogen (secondary N) is 1. The smallest absolute Gasteiger partial charge is 0.0976 e. The Morgan fingerprint density at radius 3 is 2.56 bits per heavy atom. The van der Waals surface area contributed by atoms with Gasteiger partial charge >= 0.3 is 0 Å². The van der Waals surface area contributed by atoms with E-state index in [0.717, 1.165) is 21.6 Å². The number of halogens is 2. The summed E-state index contributed by atoms with van der Waals surface area (Å²) in [5.41, 5.74) is 1.20. The van der Waals surface area contributed by atoms with Crippen LogP contribution >= 0.6 is 34.5 Å². The van der Waals surface area contributed by atoms with E-state index < -0.39 is 0 Å². The fourth-order valence-electron chi connectivity index (χ4n) is 1.55. The molecule has 0 aliphatic heterocycles. The Kier molecular flexibility index (Phi) is 6.74. The molecule has 1 heterocycles. The van der Waals surface area contributed by atoms with Gasteiger partial charge in [0.2, 0.25) is 0 Å². The van der Waals surface area contributed by atoms with Crippen molar-refractivity contribution in [1.29, 1.82) is 0 Å². The number of hydrogen-bond acceptors (Lipinski definition) is 2. The van der Waals surface area contributed by atoms with Gasteiger partial charge in [0, 0.05) is 6.04 Å². The molecule has 4 heteroatoms. The van der Waals surface area contributed by atoms with Gasteiger partial charge in [-0.25, -0.2) is 0 Å². The minimum Gasteiger partial charge on any atom is -0.315 e. The van der Waals surface area contributed by atoms with Crippen molar-refractivity contribution in [3.8, 4) is 0 Å². The van der Waals surface area contributed by atoms with Crippen molar-refractivity contribution in [3.05, 3.63) is 20.3 Å². The minimum absolute atomic E-state index is 0.588. The summed E-state index contributed by atoms with van der Waals surface area (Å²) in [4.78, 5) is 0. The van der Waals surface area contributed by atoms with Crippen LogP contribution in [0.25, 0.3) is 0 Å². The molecule has 16 heavy (non-hydrogen) atoms. The van der Waals surface area contributed by atoms with Gasteiger partial charge in [0.05, 0.1) is 8.67 Å². The second-order valence-electron chi connectivity index (χ2n) is 4.27. The van der Waals surface area contributed by atoms with Gasteiger partial charge in [-0.2, -0.15) is 0 Å². The van der Waals surface area contributed by atoms with Gasteiger partial charge in [0.1, 0.15) is 0 Å². The average molecular weight is 280 g/mol. The molecule has 1 nitrogen and oxygen atoms in total. The molecule has 0 bridgehead atoms.